The summed E-state index contributed by atoms with van der Waals surface area (Å²) >= 11 is 0. The zero-order valence-electron chi connectivity index (χ0n) is 25.6. The van der Waals surface area contributed by atoms with Crippen LogP contribution in [0.1, 0.15) is 109 Å². The minimum Gasteiger partial charge on any atom is -0.491 e. The van der Waals surface area contributed by atoms with Gasteiger partial charge < -0.3 is 14.0 Å². The normalized spacial score (nSPS) is 13.2. The molecule has 0 bridgehead atoms. The first-order valence-corrected chi connectivity index (χ1v) is 15.6. The lowest BCUT2D eigenvalue weighted by atomic mass is 10.0. The standard InChI is InChI=1S/C35H56NO3/c1-6-8-9-10-11-12-13-14-16-21-31-24-19-25-33(28-31)39-30(3)26-27-38-35(37)34(20-7-2)36(4,5)29-32-22-17-15-18-23-32/h15,17-19,22-25,28,30,34H,6-14,16,20-21,26-27,29H2,1-5H3/q+1. The molecular weight excluding hydrogens is 482 g/mol. The zero-order chi connectivity index (χ0) is 28.3. The number of aryl methyl sites for hydroxylation is 1. The van der Waals surface area contributed by atoms with Gasteiger partial charge in [0.15, 0.2) is 6.04 Å². The average Bonchev–Trinajstić information content (AvgIpc) is 2.91. The third kappa shape index (κ3) is 13.5. The van der Waals surface area contributed by atoms with Gasteiger partial charge in [-0.1, -0.05) is 108 Å². The quantitative estimate of drug-likeness (QED) is 0.0904. The molecule has 2 aromatic carbocycles. The van der Waals surface area contributed by atoms with Gasteiger partial charge in [-0.25, -0.2) is 4.79 Å². The summed E-state index contributed by atoms with van der Waals surface area (Å²) in [7, 11) is 4.25. The second kappa shape index (κ2) is 18.9. The van der Waals surface area contributed by atoms with Gasteiger partial charge in [0.1, 0.15) is 12.3 Å². The SMILES string of the molecule is CCCCCCCCCCCc1cccc(OC(C)CCOC(=O)C(CCC)[N+](C)(C)Cc2ccccc2)c1. The van der Waals surface area contributed by atoms with Gasteiger partial charge in [0.25, 0.3) is 0 Å². The molecule has 2 unspecified atom stereocenters. The van der Waals surface area contributed by atoms with E-state index >= 15 is 0 Å². The molecule has 0 aliphatic rings. The molecule has 2 aromatic rings. The fourth-order valence-electron chi connectivity index (χ4n) is 5.32. The predicted molar refractivity (Wildman–Crippen MR) is 164 cm³/mol. The Kier molecular flexibility index (Phi) is 15.9. The highest BCUT2D eigenvalue weighted by Gasteiger charge is 2.35. The van der Waals surface area contributed by atoms with E-state index in [1.54, 1.807) is 0 Å². The van der Waals surface area contributed by atoms with Crippen molar-refractivity contribution in [2.75, 3.05) is 20.7 Å². The average molecular weight is 539 g/mol. The number of unbranched alkanes of at least 4 members (excludes halogenated alkanes) is 8. The Morgan fingerprint density at radius 1 is 0.769 bits per heavy atom. The van der Waals surface area contributed by atoms with Gasteiger partial charge >= 0.3 is 5.97 Å². The van der Waals surface area contributed by atoms with Crippen LogP contribution in [0.2, 0.25) is 0 Å². The largest absolute Gasteiger partial charge is 0.491 e. The van der Waals surface area contributed by atoms with E-state index in [0.717, 1.165) is 31.6 Å². The number of hydrogen-bond acceptors (Lipinski definition) is 3. The number of rotatable bonds is 21. The molecule has 0 aliphatic heterocycles. The van der Waals surface area contributed by atoms with Crippen molar-refractivity contribution in [2.24, 2.45) is 0 Å². The van der Waals surface area contributed by atoms with E-state index in [9.17, 15) is 4.79 Å². The topological polar surface area (TPSA) is 35.5 Å². The molecule has 2 atom stereocenters. The third-order valence-electron chi connectivity index (χ3n) is 7.68. The van der Waals surface area contributed by atoms with Crippen molar-refractivity contribution >= 4 is 5.97 Å². The van der Waals surface area contributed by atoms with Gasteiger partial charge in [-0.2, -0.15) is 0 Å². The van der Waals surface area contributed by atoms with Gasteiger partial charge in [0, 0.05) is 18.4 Å². The molecule has 0 N–H and O–H groups in total. The van der Waals surface area contributed by atoms with E-state index in [2.05, 4.69) is 77.3 Å². The van der Waals surface area contributed by atoms with E-state index in [1.807, 2.05) is 12.1 Å². The van der Waals surface area contributed by atoms with Crippen LogP contribution in [0.4, 0.5) is 0 Å². The molecule has 0 saturated heterocycles. The molecule has 0 spiro atoms. The lowest BCUT2D eigenvalue weighted by Crippen LogP contribution is -2.52. The summed E-state index contributed by atoms with van der Waals surface area (Å²) < 4.78 is 12.6. The summed E-state index contributed by atoms with van der Waals surface area (Å²) in [6, 6.07) is 18.7. The van der Waals surface area contributed by atoms with Crippen LogP contribution in [-0.2, 0) is 22.5 Å². The number of hydrogen-bond donors (Lipinski definition) is 0. The number of esters is 1. The van der Waals surface area contributed by atoms with Crippen LogP contribution in [0.15, 0.2) is 54.6 Å². The number of likely N-dealkylation sites (N-methyl/N-ethyl adjacent to an activating group) is 1. The van der Waals surface area contributed by atoms with E-state index < -0.39 is 0 Å². The summed E-state index contributed by atoms with van der Waals surface area (Å²) in [5.41, 5.74) is 2.58. The van der Waals surface area contributed by atoms with Gasteiger partial charge in [-0.3, -0.25) is 0 Å². The Balaban J connectivity index is 1.72. The van der Waals surface area contributed by atoms with Crippen molar-refractivity contribution in [3.8, 4) is 5.75 Å². The van der Waals surface area contributed by atoms with Crippen LogP contribution >= 0.6 is 0 Å². The molecule has 0 heterocycles. The second-order valence-corrected chi connectivity index (χ2v) is 11.8. The molecule has 2 rings (SSSR count). The zero-order valence-corrected chi connectivity index (χ0v) is 25.6. The van der Waals surface area contributed by atoms with Gasteiger partial charge in [-0.15, -0.1) is 0 Å². The van der Waals surface area contributed by atoms with E-state index in [1.165, 1.54) is 68.9 Å². The maximum Gasteiger partial charge on any atom is 0.364 e. The molecule has 4 heteroatoms. The van der Waals surface area contributed by atoms with Crippen LogP contribution in [0.25, 0.3) is 0 Å². The van der Waals surface area contributed by atoms with Gasteiger partial charge in [0.05, 0.1) is 26.8 Å². The van der Waals surface area contributed by atoms with E-state index in [4.69, 9.17) is 9.47 Å². The minimum atomic E-state index is -0.177. The van der Waals surface area contributed by atoms with Crippen LogP contribution in [0.3, 0.4) is 0 Å². The van der Waals surface area contributed by atoms with Crippen molar-refractivity contribution < 1.29 is 18.8 Å². The number of benzene rings is 2. The Bertz CT molecular complexity index is 911. The highest BCUT2D eigenvalue weighted by atomic mass is 16.5. The Morgan fingerprint density at radius 2 is 1.41 bits per heavy atom. The third-order valence-corrected chi connectivity index (χ3v) is 7.68. The maximum atomic E-state index is 13.1. The molecule has 0 aliphatic carbocycles. The van der Waals surface area contributed by atoms with Crippen LogP contribution in [-0.4, -0.2) is 43.3 Å². The summed E-state index contributed by atoms with van der Waals surface area (Å²) in [5, 5.41) is 0. The van der Waals surface area contributed by atoms with E-state index in [0.29, 0.717) is 17.5 Å². The lowest BCUT2D eigenvalue weighted by molar-refractivity contribution is -0.920. The molecule has 0 saturated carbocycles. The summed E-state index contributed by atoms with van der Waals surface area (Å²) in [4.78, 5) is 13.1. The van der Waals surface area contributed by atoms with Crippen LogP contribution < -0.4 is 4.74 Å². The van der Waals surface area contributed by atoms with Crippen molar-refractivity contribution in [2.45, 2.75) is 123 Å². The summed E-state index contributed by atoms with van der Waals surface area (Å²) in [5.74, 6) is 0.805. The van der Waals surface area contributed by atoms with Crippen molar-refractivity contribution in [1.82, 2.24) is 0 Å². The maximum absolute atomic E-state index is 13.1. The Hall–Kier alpha value is -2.33. The summed E-state index contributed by atoms with van der Waals surface area (Å²) in [6.07, 6.45) is 15.7. The van der Waals surface area contributed by atoms with Gasteiger partial charge in [-0.05, 0) is 43.9 Å². The molecule has 0 fully saturated rings. The molecule has 0 aromatic heterocycles. The second-order valence-electron chi connectivity index (χ2n) is 11.8. The number of ether oxygens (including phenoxy) is 2. The first-order chi connectivity index (χ1) is 18.9. The molecule has 39 heavy (non-hydrogen) atoms. The Labute approximate surface area is 239 Å². The number of carbonyl (C=O) groups is 1. The first-order valence-electron chi connectivity index (χ1n) is 15.6. The van der Waals surface area contributed by atoms with Crippen LogP contribution in [0, 0.1) is 0 Å². The Morgan fingerprint density at radius 3 is 2.08 bits per heavy atom. The lowest BCUT2D eigenvalue weighted by Gasteiger charge is -2.36. The van der Waals surface area contributed by atoms with Crippen molar-refractivity contribution in [3.63, 3.8) is 0 Å². The van der Waals surface area contributed by atoms with Crippen LogP contribution in [0.5, 0.6) is 5.75 Å². The minimum absolute atomic E-state index is 0.0165. The highest BCUT2D eigenvalue weighted by molar-refractivity contribution is 5.74. The number of carbonyl (C=O) groups excluding carboxylic acids is 1. The first kappa shape index (κ1) is 32.9. The monoisotopic (exact) mass is 538 g/mol. The molecule has 218 valence electrons. The van der Waals surface area contributed by atoms with E-state index in [-0.39, 0.29) is 18.1 Å². The molecule has 0 radical (unpaired) electrons. The fourth-order valence-corrected chi connectivity index (χ4v) is 5.32. The number of nitrogens with zero attached hydrogens (tertiary/aromatic N) is 1. The molecule has 4 nitrogen and oxygen atoms in total. The molecular formula is C35H56NO3+. The number of quaternary nitrogens is 1. The van der Waals surface area contributed by atoms with Crippen molar-refractivity contribution in [3.05, 3.63) is 65.7 Å². The summed E-state index contributed by atoms with van der Waals surface area (Å²) in [6.45, 7) is 7.64. The fraction of sp³-hybridized carbons (Fsp3) is 0.629. The smallest absolute Gasteiger partial charge is 0.364 e. The van der Waals surface area contributed by atoms with Gasteiger partial charge in [0.2, 0.25) is 0 Å². The van der Waals surface area contributed by atoms with Crippen molar-refractivity contribution in [1.29, 1.82) is 0 Å². The predicted octanol–water partition coefficient (Wildman–Crippen LogP) is 8.91. The molecule has 0 amide bonds. The highest BCUT2D eigenvalue weighted by Crippen LogP contribution is 2.21.